The van der Waals surface area contributed by atoms with E-state index in [1.54, 1.807) is 18.2 Å². The number of rotatable bonds is 7. The summed E-state index contributed by atoms with van der Waals surface area (Å²) in [4.78, 5) is 28.6. The van der Waals surface area contributed by atoms with Gasteiger partial charge in [0.25, 0.3) is 5.91 Å². The van der Waals surface area contributed by atoms with Gasteiger partial charge < -0.3 is 13.9 Å². The molecule has 39 heavy (non-hydrogen) atoms. The number of nitrogens with zero attached hydrogens (tertiary/aromatic N) is 1. The minimum atomic E-state index is -4.64. The van der Waals surface area contributed by atoms with Crippen LogP contribution in [0.4, 0.5) is 18.9 Å². The Bertz CT molecular complexity index is 1630. The van der Waals surface area contributed by atoms with Crippen molar-refractivity contribution in [3.63, 3.8) is 0 Å². The Kier molecular flexibility index (Phi) is 7.03. The van der Waals surface area contributed by atoms with Crippen molar-refractivity contribution in [3.05, 3.63) is 98.4 Å². The van der Waals surface area contributed by atoms with Crippen LogP contribution in [0.25, 0.3) is 11.0 Å². The van der Waals surface area contributed by atoms with Gasteiger partial charge in [0.05, 0.1) is 36.3 Å². The van der Waals surface area contributed by atoms with E-state index in [9.17, 15) is 22.8 Å². The second-order valence-electron chi connectivity index (χ2n) is 9.05. The summed E-state index contributed by atoms with van der Waals surface area (Å²) in [6.07, 6.45) is -2.88. The van der Waals surface area contributed by atoms with Crippen molar-refractivity contribution in [1.29, 1.82) is 0 Å². The molecule has 0 fully saturated rings. The molecule has 5 rings (SSSR count). The number of carbonyl (C=O) groups is 1. The Morgan fingerprint density at radius 1 is 1.03 bits per heavy atom. The first-order valence-electron chi connectivity index (χ1n) is 12.2. The fraction of sp³-hybridized carbons (Fsp3) is 0.241. The van der Waals surface area contributed by atoms with Crippen LogP contribution in [-0.4, -0.2) is 19.6 Å². The van der Waals surface area contributed by atoms with Crippen molar-refractivity contribution in [1.82, 2.24) is 0 Å². The molecule has 3 aromatic carbocycles. The summed E-state index contributed by atoms with van der Waals surface area (Å²) >= 11 is 6.12. The molecular weight excluding hydrogens is 535 g/mol. The number of unbranched alkanes of at least 4 members (excludes halogenated alkanes) is 1. The molecule has 0 bridgehead atoms. The topological polar surface area (TPSA) is 69.0 Å². The van der Waals surface area contributed by atoms with E-state index in [1.807, 2.05) is 6.92 Å². The molecule has 0 saturated carbocycles. The summed E-state index contributed by atoms with van der Waals surface area (Å²) in [7, 11) is 1.45. The smallest absolute Gasteiger partial charge is 0.416 e. The van der Waals surface area contributed by atoms with Crippen LogP contribution in [0.3, 0.4) is 0 Å². The molecule has 0 saturated heterocycles. The normalized spacial score (nSPS) is 15.1. The van der Waals surface area contributed by atoms with Crippen molar-refractivity contribution < 1.29 is 31.9 Å². The number of hydrogen-bond donors (Lipinski definition) is 0. The molecule has 0 radical (unpaired) electrons. The minimum absolute atomic E-state index is 0.00566. The number of alkyl halides is 3. The molecule has 1 aliphatic heterocycles. The summed E-state index contributed by atoms with van der Waals surface area (Å²) in [5, 5.41) is 0.442. The van der Waals surface area contributed by atoms with E-state index in [0.717, 1.165) is 29.9 Å². The van der Waals surface area contributed by atoms with Crippen molar-refractivity contribution in [2.75, 3.05) is 18.6 Å². The van der Waals surface area contributed by atoms with Crippen LogP contribution >= 0.6 is 11.6 Å². The van der Waals surface area contributed by atoms with Gasteiger partial charge in [-0.2, -0.15) is 13.2 Å². The minimum Gasteiger partial charge on any atom is -0.493 e. The highest BCUT2D eigenvalue weighted by molar-refractivity contribution is 6.31. The number of amides is 1. The van der Waals surface area contributed by atoms with Crippen molar-refractivity contribution >= 4 is 34.2 Å². The van der Waals surface area contributed by atoms with Gasteiger partial charge in [-0.25, -0.2) is 0 Å². The van der Waals surface area contributed by atoms with Gasteiger partial charge in [-0.05, 0) is 60.5 Å². The van der Waals surface area contributed by atoms with Gasteiger partial charge in [0.2, 0.25) is 5.76 Å². The average molecular weight is 558 g/mol. The summed E-state index contributed by atoms with van der Waals surface area (Å²) in [5.74, 6) is -0.186. The maximum Gasteiger partial charge on any atom is 0.416 e. The average Bonchev–Trinajstić information content (AvgIpc) is 3.21. The highest BCUT2D eigenvalue weighted by Crippen LogP contribution is 2.44. The van der Waals surface area contributed by atoms with Crippen LogP contribution in [0, 0.1) is 0 Å². The second kappa shape index (κ2) is 10.3. The van der Waals surface area contributed by atoms with E-state index in [2.05, 4.69) is 0 Å². The van der Waals surface area contributed by atoms with Gasteiger partial charge in [-0.3, -0.25) is 14.5 Å². The Morgan fingerprint density at radius 2 is 1.82 bits per heavy atom. The summed E-state index contributed by atoms with van der Waals surface area (Å²) < 4.78 is 57.9. The van der Waals surface area contributed by atoms with Gasteiger partial charge in [0.1, 0.15) is 5.58 Å². The Hall–Kier alpha value is -3.98. The van der Waals surface area contributed by atoms with Crippen LogP contribution < -0.4 is 19.8 Å². The fourth-order valence-electron chi connectivity index (χ4n) is 4.66. The van der Waals surface area contributed by atoms with E-state index in [-0.39, 0.29) is 28.0 Å². The van der Waals surface area contributed by atoms with Crippen LogP contribution in [0.2, 0.25) is 5.02 Å². The van der Waals surface area contributed by atoms with Crippen LogP contribution in [0.1, 0.15) is 53.1 Å². The molecular formula is C29H23ClF3NO5. The van der Waals surface area contributed by atoms with Gasteiger partial charge >= 0.3 is 6.18 Å². The molecule has 1 atom stereocenters. The van der Waals surface area contributed by atoms with E-state index in [4.69, 9.17) is 25.5 Å². The molecule has 0 N–H and O–H groups in total. The molecule has 1 aliphatic rings. The van der Waals surface area contributed by atoms with Crippen molar-refractivity contribution in [3.8, 4) is 11.5 Å². The zero-order chi connectivity index (χ0) is 27.9. The number of anilines is 1. The van der Waals surface area contributed by atoms with Gasteiger partial charge in [0.15, 0.2) is 16.9 Å². The standard InChI is InChI=1S/C29H23ClF3NO5/c1-3-4-12-38-22-10-8-16(13-23(22)37-2)25-24-26(35)20-15-18(30)9-11-21(20)39-27(24)28(36)34(25)19-7-5-6-17(14-19)29(31,32)33/h5-11,13-15,25H,3-4,12H2,1-2H3. The molecule has 202 valence electrons. The summed E-state index contributed by atoms with van der Waals surface area (Å²) in [6, 6.07) is 12.6. The number of ether oxygens (including phenoxy) is 2. The largest absolute Gasteiger partial charge is 0.493 e. The predicted molar refractivity (Wildman–Crippen MR) is 141 cm³/mol. The Morgan fingerprint density at radius 3 is 2.54 bits per heavy atom. The number of fused-ring (bicyclic) bond motifs is 2. The number of methoxy groups -OCH3 is 1. The lowest BCUT2D eigenvalue weighted by Crippen LogP contribution is -2.29. The first-order chi connectivity index (χ1) is 18.6. The first kappa shape index (κ1) is 26.6. The molecule has 6 nitrogen and oxygen atoms in total. The van der Waals surface area contributed by atoms with Crippen molar-refractivity contribution in [2.45, 2.75) is 32.0 Å². The second-order valence-corrected chi connectivity index (χ2v) is 9.49. The van der Waals surface area contributed by atoms with Crippen LogP contribution in [0.15, 0.2) is 69.9 Å². The van der Waals surface area contributed by atoms with E-state index in [1.165, 1.54) is 37.4 Å². The van der Waals surface area contributed by atoms with Gasteiger partial charge in [0, 0.05) is 10.7 Å². The molecule has 0 aliphatic carbocycles. The monoisotopic (exact) mass is 557 g/mol. The molecule has 1 unspecified atom stereocenters. The highest BCUT2D eigenvalue weighted by atomic mass is 35.5. The third kappa shape index (κ3) is 4.83. The zero-order valence-electron chi connectivity index (χ0n) is 21.0. The zero-order valence-corrected chi connectivity index (χ0v) is 21.7. The Balaban J connectivity index is 1.73. The first-order valence-corrected chi connectivity index (χ1v) is 12.6. The molecule has 1 amide bonds. The van der Waals surface area contributed by atoms with Gasteiger partial charge in [-0.1, -0.05) is 37.1 Å². The third-order valence-electron chi connectivity index (χ3n) is 6.54. The molecule has 10 heteroatoms. The predicted octanol–water partition coefficient (Wildman–Crippen LogP) is 7.40. The number of benzene rings is 3. The van der Waals surface area contributed by atoms with Crippen molar-refractivity contribution in [2.24, 2.45) is 0 Å². The number of hydrogen-bond acceptors (Lipinski definition) is 5. The summed E-state index contributed by atoms with van der Waals surface area (Å²) in [5.41, 5.74) is -0.935. The maximum atomic E-state index is 13.8. The fourth-order valence-corrected chi connectivity index (χ4v) is 4.83. The van der Waals surface area contributed by atoms with E-state index < -0.39 is 29.1 Å². The maximum absolute atomic E-state index is 13.8. The van der Waals surface area contributed by atoms with Crippen LogP contribution in [0.5, 0.6) is 11.5 Å². The molecule has 0 spiro atoms. The molecule has 2 heterocycles. The van der Waals surface area contributed by atoms with E-state index in [0.29, 0.717) is 28.7 Å². The lowest BCUT2D eigenvalue weighted by Gasteiger charge is -2.26. The van der Waals surface area contributed by atoms with E-state index >= 15 is 0 Å². The Labute approximate surface area is 226 Å². The number of halogens is 4. The SMILES string of the molecule is CCCCOc1ccc(C2c3c(oc4ccc(Cl)cc4c3=O)C(=O)N2c2cccc(C(F)(F)F)c2)cc1OC. The summed E-state index contributed by atoms with van der Waals surface area (Å²) in [6.45, 7) is 2.49. The third-order valence-corrected chi connectivity index (χ3v) is 6.78. The lowest BCUT2D eigenvalue weighted by atomic mass is 9.97. The highest BCUT2D eigenvalue weighted by Gasteiger charge is 2.44. The van der Waals surface area contributed by atoms with Crippen LogP contribution in [-0.2, 0) is 6.18 Å². The molecule has 1 aromatic heterocycles. The lowest BCUT2D eigenvalue weighted by molar-refractivity contribution is -0.137. The number of carbonyl (C=O) groups excluding carboxylic acids is 1. The van der Waals surface area contributed by atoms with Gasteiger partial charge in [-0.15, -0.1) is 0 Å². The molecule has 4 aromatic rings. The quantitative estimate of drug-likeness (QED) is 0.221.